The molecule has 1 aromatic carbocycles. The lowest BCUT2D eigenvalue weighted by atomic mass is 9.86. The fourth-order valence-corrected chi connectivity index (χ4v) is 8.36. The van der Waals surface area contributed by atoms with Crippen molar-refractivity contribution in [2.24, 2.45) is 0 Å². The first-order valence-corrected chi connectivity index (χ1v) is 14.3. The number of aromatic nitrogens is 1. The molecule has 0 radical (unpaired) electrons. The minimum atomic E-state index is -2.23. The Morgan fingerprint density at radius 3 is 2.63 bits per heavy atom. The molecular weight excluding hydrogens is 483 g/mol. The normalized spacial score (nSPS) is 23.1. The van der Waals surface area contributed by atoms with Gasteiger partial charge in [-0.2, -0.15) is 0 Å². The van der Waals surface area contributed by atoms with Gasteiger partial charge in [-0.1, -0.05) is 22.0 Å². The Labute approximate surface area is 190 Å². The van der Waals surface area contributed by atoms with Crippen LogP contribution in [0.3, 0.4) is 0 Å². The van der Waals surface area contributed by atoms with E-state index >= 15 is 0 Å². The first-order chi connectivity index (χ1) is 14.3. The van der Waals surface area contributed by atoms with E-state index in [1.807, 2.05) is 32.2 Å². The summed E-state index contributed by atoms with van der Waals surface area (Å²) in [5, 5.41) is 5.14. The van der Waals surface area contributed by atoms with Crippen LogP contribution in [0, 0.1) is 0 Å². The summed E-state index contributed by atoms with van der Waals surface area (Å²) in [7, 11) is -2.23. The van der Waals surface area contributed by atoms with Crippen molar-refractivity contribution in [1.29, 1.82) is 0 Å². The fraction of sp³-hybridized carbons (Fsp3) is 0.545. The van der Waals surface area contributed by atoms with Crippen LogP contribution in [0.5, 0.6) is 0 Å². The Balaban J connectivity index is 1.44. The van der Waals surface area contributed by atoms with E-state index in [0.717, 1.165) is 69.7 Å². The lowest BCUT2D eigenvalue weighted by Crippen LogP contribution is -2.38. The highest BCUT2D eigenvalue weighted by Crippen LogP contribution is 2.56. The van der Waals surface area contributed by atoms with Crippen LogP contribution in [0.25, 0.3) is 10.4 Å². The molecule has 1 aromatic heterocycles. The molecule has 8 heteroatoms. The molecule has 30 heavy (non-hydrogen) atoms. The molecule has 4 rings (SSSR count). The van der Waals surface area contributed by atoms with Crippen LogP contribution in [0.15, 0.2) is 28.9 Å². The molecule has 0 bridgehead atoms. The van der Waals surface area contributed by atoms with Crippen molar-refractivity contribution in [1.82, 2.24) is 10.3 Å². The molecule has 1 aliphatic carbocycles. The Kier molecular flexibility index (Phi) is 6.71. The van der Waals surface area contributed by atoms with Crippen molar-refractivity contribution in [3.05, 3.63) is 33.9 Å². The molecule has 162 valence electrons. The minimum absolute atomic E-state index is 0.103. The lowest BCUT2D eigenvalue weighted by molar-refractivity contribution is 0.109. The molecule has 2 aromatic rings. The van der Waals surface area contributed by atoms with E-state index in [-0.39, 0.29) is 18.2 Å². The second-order valence-corrected chi connectivity index (χ2v) is 13.7. The highest BCUT2D eigenvalue weighted by molar-refractivity contribution is 9.10. The van der Waals surface area contributed by atoms with Crippen molar-refractivity contribution in [3.63, 3.8) is 0 Å². The van der Waals surface area contributed by atoms with E-state index in [1.165, 1.54) is 0 Å². The molecule has 2 aliphatic rings. The molecule has 1 saturated heterocycles. The average Bonchev–Trinajstić information content (AvgIpc) is 3.16. The summed E-state index contributed by atoms with van der Waals surface area (Å²) in [6.45, 7) is 3.71. The third-order valence-corrected chi connectivity index (χ3v) is 11.0. The summed E-state index contributed by atoms with van der Waals surface area (Å²) in [5.74, 6) is 0.418. The first-order valence-electron chi connectivity index (χ1n) is 10.7. The standard InChI is InChI=1S/C22H28BrN2O3PS/c1-14(2)28-22(26)25-17-7-4-15(5-8-17)21-24-13-20(30-21)18-9-6-16(23)12-19(18)29(27)10-3-11-29/h6,9,12-15,17H,3-5,7-8,10-11H2,1-2H3,(H,25,26)/t15-,17-. The lowest BCUT2D eigenvalue weighted by Gasteiger charge is -2.29. The Hall–Kier alpha value is -1.17. The number of nitrogens with one attached hydrogen (secondary N) is 1. The number of benzene rings is 1. The molecule has 1 amide bonds. The summed E-state index contributed by atoms with van der Waals surface area (Å²) in [6, 6.07) is 6.32. The molecule has 1 aliphatic heterocycles. The van der Waals surface area contributed by atoms with Crippen LogP contribution in [0.2, 0.25) is 0 Å². The monoisotopic (exact) mass is 510 g/mol. The van der Waals surface area contributed by atoms with Crippen LogP contribution in [-0.4, -0.2) is 35.5 Å². The molecule has 0 atom stereocenters. The van der Waals surface area contributed by atoms with Crippen molar-refractivity contribution in [2.75, 3.05) is 12.3 Å². The summed E-state index contributed by atoms with van der Waals surface area (Å²) in [5.41, 5.74) is 1.08. The third-order valence-electron chi connectivity index (χ3n) is 5.97. The number of halogens is 1. The molecule has 1 saturated carbocycles. The maximum atomic E-state index is 13.2. The van der Waals surface area contributed by atoms with Crippen molar-refractivity contribution >= 4 is 45.8 Å². The van der Waals surface area contributed by atoms with Gasteiger partial charge in [0.15, 0.2) is 0 Å². The topological polar surface area (TPSA) is 68.3 Å². The van der Waals surface area contributed by atoms with E-state index in [1.54, 1.807) is 11.3 Å². The summed E-state index contributed by atoms with van der Waals surface area (Å²) in [6.07, 6.45) is 8.10. The number of thiazole rings is 1. The average molecular weight is 511 g/mol. The van der Waals surface area contributed by atoms with Gasteiger partial charge in [-0.25, -0.2) is 9.78 Å². The van der Waals surface area contributed by atoms with E-state index in [0.29, 0.717) is 5.92 Å². The number of hydrogen-bond acceptors (Lipinski definition) is 5. The van der Waals surface area contributed by atoms with Crippen molar-refractivity contribution in [3.8, 4) is 10.4 Å². The number of nitrogens with zero attached hydrogens (tertiary/aromatic N) is 1. The molecule has 5 nitrogen and oxygen atoms in total. The van der Waals surface area contributed by atoms with E-state index in [4.69, 9.17) is 9.72 Å². The predicted molar refractivity (Wildman–Crippen MR) is 127 cm³/mol. The Morgan fingerprint density at radius 2 is 2.00 bits per heavy atom. The van der Waals surface area contributed by atoms with Crippen LogP contribution in [-0.2, 0) is 9.30 Å². The molecule has 0 spiro atoms. The predicted octanol–water partition coefficient (Wildman–Crippen LogP) is 6.13. The van der Waals surface area contributed by atoms with Gasteiger partial charge in [-0.3, -0.25) is 0 Å². The maximum absolute atomic E-state index is 13.2. The summed E-state index contributed by atoms with van der Waals surface area (Å²) in [4.78, 5) is 17.7. The van der Waals surface area contributed by atoms with E-state index < -0.39 is 7.14 Å². The van der Waals surface area contributed by atoms with Gasteiger partial charge in [0.25, 0.3) is 0 Å². The van der Waals surface area contributed by atoms with Crippen molar-refractivity contribution < 1.29 is 14.1 Å². The van der Waals surface area contributed by atoms with Gasteiger partial charge in [0, 0.05) is 45.8 Å². The Bertz CT molecular complexity index is 961. The zero-order valence-electron chi connectivity index (χ0n) is 17.4. The number of hydrogen-bond donors (Lipinski definition) is 1. The van der Waals surface area contributed by atoms with Gasteiger partial charge in [-0.05, 0) is 58.1 Å². The Morgan fingerprint density at radius 1 is 1.27 bits per heavy atom. The SMILES string of the molecule is CC(C)OC(=O)N[C@H]1CC[C@H](c2ncc(-c3ccc(Br)cc3P3(=O)CCC3)s2)CC1. The number of ether oxygens (including phenoxy) is 1. The summed E-state index contributed by atoms with van der Waals surface area (Å²) >= 11 is 5.27. The van der Waals surface area contributed by atoms with Crippen LogP contribution in [0.4, 0.5) is 4.79 Å². The third kappa shape index (κ3) is 4.84. The van der Waals surface area contributed by atoms with Crippen LogP contribution < -0.4 is 10.6 Å². The van der Waals surface area contributed by atoms with Gasteiger partial charge < -0.3 is 14.6 Å². The molecular formula is C22H28BrN2O3PS. The number of carbonyl (C=O) groups excluding carboxylic acids is 1. The van der Waals surface area contributed by atoms with Gasteiger partial charge >= 0.3 is 6.09 Å². The van der Waals surface area contributed by atoms with Gasteiger partial charge in [-0.15, -0.1) is 11.3 Å². The largest absolute Gasteiger partial charge is 0.447 e. The fourth-order valence-electron chi connectivity index (χ4n) is 4.24. The van der Waals surface area contributed by atoms with Crippen LogP contribution >= 0.6 is 34.4 Å². The highest BCUT2D eigenvalue weighted by Gasteiger charge is 2.35. The zero-order chi connectivity index (χ0) is 21.3. The maximum Gasteiger partial charge on any atom is 0.407 e. The number of alkyl carbamates (subject to hydrolysis) is 1. The second kappa shape index (κ2) is 9.13. The highest BCUT2D eigenvalue weighted by atomic mass is 79.9. The molecule has 2 fully saturated rings. The van der Waals surface area contributed by atoms with Gasteiger partial charge in [0.2, 0.25) is 0 Å². The molecule has 1 N–H and O–H groups in total. The van der Waals surface area contributed by atoms with E-state index in [2.05, 4.69) is 27.3 Å². The smallest absolute Gasteiger partial charge is 0.407 e. The number of carbonyl (C=O) groups is 1. The van der Waals surface area contributed by atoms with Crippen LogP contribution in [0.1, 0.15) is 56.9 Å². The number of rotatable bonds is 5. The van der Waals surface area contributed by atoms with E-state index in [9.17, 15) is 9.36 Å². The zero-order valence-corrected chi connectivity index (χ0v) is 20.7. The van der Waals surface area contributed by atoms with Gasteiger partial charge in [0.05, 0.1) is 16.0 Å². The van der Waals surface area contributed by atoms with Crippen molar-refractivity contribution in [2.45, 2.75) is 64.0 Å². The molecule has 2 heterocycles. The molecule has 0 unspecified atom stereocenters. The van der Waals surface area contributed by atoms with Gasteiger partial charge in [0.1, 0.15) is 7.14 Å². The second-order valence-electron chi connectivity index (χ2n) is 8.56. The quantitative estimate of drug-likeness (QED) is 0.491. The first kappa shape index (κ1) is 22.0. The number of amides is 1. The minimum Gasteiger partial charge on any atom is -0.447 e. The summed E-state index contributed by atoms with van der Waals surface area (Å²) < 4.78 is 19.4.